The Morgan fingerprint density at radius 3 is 2.45 bits per heavy atom. The summed E-state index contributed by atoms with van der Waals surface area (Å²) in [5.41, 5.74) is 0. The van der Waals surface area contributed by atoms with Crippen molar-refractivity contribution in [1.29, 1.82) is 0 Å². The molecule has 0 saturated heterocycles. The van der Waals surface area contributed by atoms with Crippen LogP contribution in [-0.4, -0.2) is 20.7 Å². The van der Waals surface area contributed by atoms with E-state index >= 15 is 0 Å². The fourth-order valence-corrected chi connectivity index (χ4v) is 1.46. The third kappa shape index (κ3) is 7.34. The van der Waals surface area contributed by atoms with E-state index in [0.29, 0.717) is 6.54 Å². The molecule has 5 heteroatoms. The van der Waals surface area contributed by atoms with Gasteiger partial charge in [0.1, 0.15) is 0 Å². The van der Waals surface area contributed by atoms with Gasteiger partial charge in [-0.2, -0.15) is 5.90 Å². The molecule has 0 aliphatic rings. The van der Waals surface area contributed by atoms with Crippen molar-refractivity contribution in [2.75, 3.05) is 6.54 Å². The molecule has 0 aliphatic heterocycles. The zero-order valence-corrected chi connectivity index (χ0v) is 8.31. The molecule has 0 rings (SSSR count). The highest BCUT2D eigenvalue weighted by Gasteiger charge is 2.12. The molecule has 11 heavy (non-hydrogen) atoms. The minimum atomic E-state index is -1.05. The Hall–Kier alpha value is -0.553. The molecule has 0 spiro atoms. The molecule has 0 aromatic carbocycles. The van der Waals surface area contributed by atoms with Crippen molar-refractivity contribution in [2.24, 2.45) is 5.90 Å². The van der Waals surface area contributed by atoms with Gasteiger partial charge in [-0.3, -0.25) is 0 Å². The van der Waals surface area contributed by atoms with Crippen LogP contribution in [0.15, 0.2) is 0 Å². The van der Waals surface area contributed by atoms with Gasteiger partial charge in [-0.05, 0) is 6.04 Å². The smallest absolute Gasteiger partial charge is 0.357 e. The lowest BCUT2D eigenvalue weighted by molar-refractivity contribution is 0.148. The summed E-state index contributed by atoms with van der Waals surface area (Å²) in [5.74, 6) is 4.62. The maximum atomic E-state index is 10.5. The summed E-state index contributed by atoms with van der Waals surface area (Å²) >= 11 is 0. The largest absolute Gasteiger partial charge is 0.425 e. The van der Waals surface area contributed by atoms with Gasteiger partial charge in [-0.25, -0.2) is 4.79 Å². The molecule has 4 nitrogen and oxygen atoms in total. The Balaban J connectivity index is 3.35. The number of hydrogen-bond acceptors (Lipinski definition) is 3. The van der Waals surface area contributed by atoms with E-state index in [2.05, 4.69) is 35.7 Å². The second-order valence-electron chi connectivity index (χ2n) is 3.64. The van der Waals surface area contributed by atoms with E-state index in [9.17, 15) is 4.79 Å². The van der Waals surface area contributed by atoms with E-state index in [-0.39, 0.29) is 0 Å². The van der Waals surface area contributed by atoms with Gasteiger partial charge < -0.3 is 10.2 Å². The Kier molecular flexibility index (Phi) is 4.13. The molecular formula is C6H16N2O2Si. The van der Waals surface area contributed by atoms with E-state index in [1.54, 1.807) is 0 Å². The number of nitrogens with two attached hydrogens (primary N) is 1. The van der Waals surface area contributed by atoms with Crippen LogP contribution in [0.25, 0.3) is 0 Å². The Labute approximate surface area is 68.1 Å². The molecule has 0 heterocycles. The second-order valence-corrected chi connectivity index (χ2v) is 9.26. The molecular weight excluding hydrogens is 160 g/mol. The lowest BCUT2D eigenvalue weighted by atomic mass is 10.7. The molecule has 0 aromatic rings. The molecule has 0 aliphatic carbocycles. The number of amides is 1. The van der Waals surface area contributed by atoms with E-state index in [1.165, 1.54) is 0 Å². The molecule has 0 radical (unpaired) electrons. The zero-order valence-electron chi connectivity index (χ0n) is 7.31. The fourth-order valence-electron chi connectivity index (χ4n) is 0.581. The first kappa shape index (κ1) is 10.4. The summed E-state index contributed by atoms with van der Waals surface area (Å²) in [7, 11) is -1.05. The zero-order chi connectivity index (χ0) is 8.91. The molecule has 1 amide bonds. The van der Waals surface area contributed by atoms with Crippen molar-refractivity contribution in [1.82, 2.24) is 5.32 Å². The van der Waals surface area contributed by atoms with Crippen molar-refractivity contribution in [3.8, 4) is 0 Å². The predicted molar refractivity (Wildman–Crippen MR) is 46.8 cm³/mol. The summed E-state index contributed by atoms with van der Waals surface area (Å²) in [4.78, 5) is 14.4. The monoisotopic (exact) mass is 176 g/mol. The first-order valence-corrected chi connectivity index (χ1v) is 7.31. The van der Waals surface area contributed by atoms with Crippen LogP contribution in [0.3, 0.4) is 0 Å². The van der Waals surface area contributed by atoms with Gasteiger partial charge in [0.15, 0.2) is 0 Å². The van der Waals surface area contributed by atoms with Gasteiger partial charge in [-0.15, -0.1) is 0 Å². The van der Waals surface area contributed by atoms with Crippen molar-refractivity contribution in [3.63, 3.8) is 0 Å². The van der Waals surface area contributed by atoms with Crippen LogP contribution in [-0.2, 0) is 4.84 Å². The molecule has 0 unspecified atom stereocenters. The van der Waals surface area contributed by atoms with Crippen LogP contribution in [0.4, 0.5) is 4.79 Å². The average Bonchev–Trinajstić information content (AvgIpc) is 1.85. The van der Waals surface area contributed by atoms with Crippen molar-refractivity contribution >= 4 is 14.2 Å². The SMILES string of the molecule is C[Si](C)(C)CCNC(=O)ON. The quantitative estimate of drug-likeness (QED) is 0.496. The van der Waals surface area contributed by atoms with E-state index in [1.807, 2.05) is 0 Å². The van der Waals surface area contributed by atoms with Crippen molar-refractivity contribution < 1.29 is 9.63 Å². The summed E-state index contributed by atoms with van der Waals surface area (Å²) in [5, 5.41) is 2.54. The summed E-state index contributed by atoms with van der Waals surface area (Å²) < 4.78 is 0. The summed E-state index contributed by atoms with van der Waals surface area (Å²) in [6.45, 7) is 7.37. The van der Waals surface area contributed by atoms with Gasteiger partial charge in [0.05, 0.1) is 0 Å². The Morgan fingerprint density at radius 2 is 2.09 bits per heavy atom. The predicted octanol–water partition coefficient (Wildman–Crippen LogP) is 0.925. The van der Waals surface area contributed by atoms with Crippen LogP contribution in [0, 0.1) is 0 Å². The minimum Gasteiger partial charge on any atom is -0.357 e. The highest BCUT2D eigenvalue weighted by atomic mass is 28.3. The molecule has 0 bridgehead atoms. The average molecular weight is 176 g/mol. The highest BCUT2D eigenvalue weighted by Crippen LogP contribution is 2.05. The standard InChI is InChI=1S/C6H16N2O2Si/c1-11(2,3)5-4-8-6(9)10-7/h4-5,7H2,1-3H3,(H,8,9). The number of rotatable bonds is 3. The van der Waals surface area contributed by atoms with E-state index in [4.69, 9.17) is 0 Å². The summed E-state index contributed by atoms with van der Waals surface area (Å²) in [6.07, 6.45) is -0.553. The minimum absolute atomic E-state index is 0.553. The van der Waals surface area contributed by atoms with Gasteiger partial charge in [0.25, 0.3) is 0 Å². The summed E-state index contributed by atoms with van der Waals surface area (Å²) in [6, 6.07) is 1.04. The van der Waals surface area contributed by atoms with Crippen LogP contribution >= 0.6 is 0 Å². The van der Waals surface area contributed by atoms with Crippen molar-refractivity contribution in [2.45, 2.75) is 25.7 Å². The maximum absolute atomic E-state index is 10.5. The molecule has 0 fully saturated rings. The fraction of sp³-hybridized carbons (Fsp3) is 0.833. The van der Waals surface area contributed by atoms with Gasteiger partial charge in [-0.1, -0.05) is 19.6 Å². The molecule has 3 N–H and O–H groups in total. The first-order chi connectivity index (χ1) is 4.95. The van der Waals surface area contributed by atoms with Crippen LogP contribution < -0.4 is 11.2 Å². The third-order valence-corrected chi connectivity index (χ3v) is 3.00. The maximum Gasteiger partial charge on any atom is 0.425 e. The number of carbonyl (C=O) groups excluding carboxylic acids is 1. The second kappa shape index (κ2) is 4.35. The lowest BCUT2D eigenvalue weighted by Crippen LogP contribution is -2.32. The first-order valence-electron chi connectivity index (χ1n) is 3.60. The number of carbonyl (C=O) groups is 1. The Bertz CT molecular complexity index is 133. The lowest BCUT2D eigenvalue weighted by Gasteiger charge is -2.14. The van der Waals surface area contributed by atoms with E-state index in [0.717, 1.165) is 6.04 Å². The van der Waals surface area contributed by atoms with Crippen molar-refractivity contribution in [3.05, 3.63) is 0 Å². The Morgan fingerprint density at radius 1 is 1.55 bits per heavy atom. The van der Waals surface area contributed by atoms with Gasteiger partial charge >= 0.3 is 6.09 Å². The van der Waals surface area contributed by atoms with Gasteiger partial charge in [0, 0.05) is 14.6 Å². The normalized spacial score (nSPS) is 10.9. The third-order valence-electron chi connectivity index (χ3n) is 1.25. The van der Waals surface area contributed by atoms with Crippen LogP contribution in [0.2, 0.25) is 25.7 Å². The topological polar surface area (TPSA) is 64.3 Å². The number of nitrogens with one attached hydrogen (secondary N) is 1. The molecule has 0 aromatic heterocycles. The van der Waals surface area contributed by atoms with E-state index < -0.39 is 14.2 Å². The molecule has 0 atom stereocenters. The molecule has 66 valence electrons. The highest BCUT2D eigenvalue weighted by molar-refractivity contribution is 6.76. The van der Waals surface area contributed by atoms with Crippen LogP contribution in [0.5, 0.6) is 0 Å². The van der Waals surface area contributed by atoms with Crippen LogP contribution in [0.1, 0.15) is 0 Å². The molecule has 0 saturated carbocycles. The van der Waals surface area contributed by atoms with Gasteiger partial charge in [0.2, 0.25) is 0 Å². The number of hydrogen-bond donors (Lipinski definition) is 2.